The van der Waals surface area contributed by atoms with Crippen LogP contribution in [0, 0.1) is 0 Å². The van der Waals surface area contributed by atoms with Crippen molar-refractivity contribution in [1.29, 1.82) is 0 Å². The van der Waals surface area contributed by atoms with Crippen LogP contribution in [0.25, 0.3) is 11.8 Å². The van der Waals surface area contributed by atoms with E-state index in [9.17, 15) is 9.59 Å². The van der Waals surface area contributed by atoms with E-state index >= 15 is 0 Å². The number of aromatic nitrogens is 1. The SMILES string of the molecule is CCN(CC)C(=O)C(=Cc1ccc(OC)c(OC)c1)n1ccccc1=O. The van der Waals surface area contributed by atoms with Crippen LogP contribution in [0.4, 0.5) is 0 Å². The summed E-state index contributed by atoms with van der Waals surface area (Å²) in [6.45, 7) is 4.92. The molecule has 138 valence electrons. The van der Waals surface area contributed by atoms with Gasteiger partial charge in [0.2, 0.25) is 0 Å². The largest absolute Gasteiger partial charge is 0.493 e. The summed E-state index contributed by atoms with van der Waals surface area (Å²) in [5.74, 6) is 0.938. The third-order valence-corrected chi connectivity index (χ3v) is 4.06. The fourth-order valence-electron chi connectivity index (χ4n) is 2.63. The van der Waals surface area contributed by atoms with Crippen molar-refractivity contribution in [3.8, 4) is 11.5 Å². The Morgan fingerprint density at radius 3 is 2.35 bits per heavy atom. The van der Waals surface area contributed by atoms with Crippen molar-refractivity contribution in [2.24, 2.45) is 0 Å². The number of amides is 1. The Hall–Kier alpha value is -3.02. The van der Waals surface area contributed by atoms with E-state index in [-0.39, 0.29) is 17.2 Å². The molecule has 0 unspecified atom stereocenters. The van der Waals surface area contributed by atoms with Crippen molar-refractivity contribution in [3.05, 3.63) is 58.5 Å². The summed E-state index contributed by atoms with van der Waals surface area (Å²) in [6, 6.07) is 10.1. The van der Waals surface area contributed by atoms with E-state index in [4.69, 9.17) is 9.47 Å². The van der Waals surface area contributed by atoms with Crippen LogP contribution in [-0.4, -0.2) is 42.7 Å². The van der Waals surface area contributed by atoms with Gasteiger partial charge in [0.15, 0.2) is 11.5 Å². The molecule has 2 aromatic rings. The molecule has 0 fully saturated rings. The van der Waals surface area contributed by atoms with E-state index in [2.05, 4.69) is 0 Å². The number of methoxy groups -OCH3 is 2. The summed E-state index contributed by atoms with van der Waals surface area (Å²) in [7, 11) is 3.11. The van der Waals surface area contributed by atoms with E-state index in [1.807, 2.05) is 19.9 Å². The maximum Gasteiger partial charge on any atom is 0.270 e. The quantitative estimate of drug-likeness (QED) is 0.716. The maximum atomic E-state index is 13.0. The number of hydrogen-bond donors (Lipinski definition) is 0. The van der Waals surface area contributed by atoms with Crippen molar-refractivity contribution in [2.75, 3.05) is 27.3 Å². The van der Waals surface area contributed by atoms with Crippen molar-refractivity contribution >= 4 is 17.7 Å². The van der Waals surface area contributed by atoms with Crippen molar-refractivity contribution < 1.29 is 14.3 Å². The smallest absolute Gasteiger partial charge is 0.270 e. The zero-order chi connectivity index (χ0) is 19.1. The van der Waals surface area contributed by atoms with Crippen LogP contribution in [0.15, 0.2) is 47.4 Å². The molecule has 1 heterocycles. The van der Waals surface area contributed by atoms with Gasteiger partial charge in [-0.25, -0.2) is 0 Å². The van der Waals surface area contributed by atoms with Crippen molar-refractivity contribution in [1.82, 2.24) is 9.47 Å². The van der Waals surface area contributed by atoms with Gasteiger partial charge in [0.25, 0.3) is 11.5 Å². The van der Waals surface area contributed by atoms with Crippen LogP contribution >= 0.6 is 0 Å². The number of pyridine rings is 1. The molecular formula is C20H24N2O4. The van der Waals surface area contributed by atoms with Crippen molar-refractivity contribution in [3.63, 3.8) is 0 Å². The molecule has 0 bridgehead atoms. The van der Waals surface area contributed by atoms with Gasteiger partial charge >= 0.3 is 0 Å². The van der Waals surface area contributed by atoms with Gasteiger partial charge < -0.3 is 14.4 Å². The van der Waals surface area contributed by atoms with E-state index in [1.54, 1.807) is 55.7 Å². The average Bonchev–Trinajstić information content (AvgIpc) is 2.67. The summed E-state index contributed by atoms with van der Waals surface area (Å²) in [6.07, 6.45) is 3.28. The second-order valence-electron chi connectivity index (χ2n) is 5.53. The van der Waals surface area contributed by atoms with E-state index < -0.39 is 0 Å². The number of carbonyl (C=O) groups is 1. The number of hydrogen-bond acceptors (Lipinski definition) is 4. The molecule has 0 saturated carbocycles. The lowest BCUT2D eigenvalue weighted by Gasteiger charge is -2.21. The van der Waals surface area contributed by atoms with Crippen LogP contribution in [0.3, 0.4) is 0 Å². The Kier molecular flexibility index (Phi) is 6.60. The highest BCUT2D eigenvalue weighted by Crippen LogP contribution is 2.28. The molecule has 0 radical (unpaired) electrons. The summed E-state index contributed by atoms with van der Waals surface area (Å²) >= 11 is 0. The van der Waals surface area contributed by atoms with Gasteiger partial charge in [-0.05, 0) is 43.7 Å². The second kappa shape index (κ2) is 8.89. The Bertz CT molecular complexity index is 851. The zero-order valence-electron chi connectivity index (χ0n) is 15.6. The topological polar surface area (TPSA) is 60.8 Å². The monoisotopic (exact) mass is 356 g/mol. The molecule has 0 N–H and O–H groups in total. The van der Waals surface area contributed by atoms with Gasteiger partial charge in [-0.15, -0.1) is 0 Å². The number of rotatable bonds is 7. The predicted molar refractivity (Wildman–Crippen MR) is 102 cm³/mol. The van der Waals surface area contributed by atoms with Gasteiger partial charge in [0.1, 0.15) is 5.70 Å². The minimum absolute atomic E-state index is 0.210. The Labute approximate surface area is 153 Å². The first-order chi connectivity index (χ1) is 12.5. The van der Waals surface area contributed by atoms with Gasteiger partial charge in [0, 0.05) is 25.4 Å². The maximum absolute atomic E-state index is 13.0. The first-order valence-electron chi connectivity index (χ1n) is 8.46. The molecule has 0 aliphatic rings. The normalized spacial score (nSPS) is 11.2. The summed E-state index contributed by atoms with van der Waals surface area (Å²) < 4.78 is 11.9. The third-order valence-electron chi connectivity index (χ3n) is 4.06. The first kappa shape index (κ1) is 19.3. The molecular weight excluding hydrogens is 332 g/mol. The number of likely N-dealkylation sites (N-methyl/N-ethyl adjacent to an activating group) is 1. The van der Waals surface area contributed by atoms with Crippen LogP contribution in [0.5, 0.6) is 11.5 Å². The lowest BCUT2D eigenvalue weighted by molar-refractivity contribution is -0.125. The van der Waals surface area contributed by atoms with Crippen molar-refractivity contribution in [2.45, 2.75) is 13.8 Å². The molecule has 2 rings (SSSR count). The minimum atomic E-state index is -0.264. The highest BCUT2D eigenvalue weighted by Gasteiger charge is 2.18. The summed E-state index contributed by atoms with van der Waals surface area (Å²) in [4.78, 5) is 26.9. The van der Waals surface area contributed by atoms with Gasteiger partial charge in [-0.3, -0.25) is 14.2 Å². The highest BCUT2D eigenvalue weighted by atomic mass is 16.5. The average molecular weight is 356 g/mol. The van der Waals surface area contributed by atoms with Crippen LogP contribution < -0.4 is 15.0 Å². The molecule has 0 saturated heterocycles. The number of ether oxygens (including phenoxy) is 2. The first-order valence-corrected chi connectivity index (χ1v) is 8.46. The molecule has 0 aliphatic heterocycles. The fraction of sp³-hybridized carbons (Fsp3) is 0.300. The molecule has 1 aromatic carbocycles. The molecule has 1 aromatic heterocycles. The Balaban J connectivity index is 2.60. The third kappa shape index (κ3) is 4.14. The summed E-state index contributed by atoms with van der Waals surface area (Å²) in [5.41, 5.74) is 0.750. The lowest BCUT2D eigenvalue weighted by atomic mass is 10.1. The Morgan fingerprint density at radius 2 is 1.77 bits per heavy atom. The standard InChI is InChI=1S/C20H24N2O4/c1-5-21(6-2)20(24)16(22-12-8-7-9-19(22)23)13-15-10-11-17(25-3)18(14-15)26-4/h7-14H,5-6H2,1-4H3. The molecule has 0 aliphatic carbocycles. The highest BCUT2D eigenvalue weighted by molar-refractivity contribution is 6.18. The second-order valence-corrected chi connectivity index (χ2v) is 5.53. The van der Waals surface area contributed by atoms with E-state index in [1.165, 1.54) is 10.6 Å². The summed E-state index contributed by atoms with van der Waals surface area (Å²) in [5, 5.41) is 0. The minimum Gasteiger partial charge on any atom is -0.493 e. The molecule has 6 nitrogen and oxygen atoms in total. The van der Waals surface area contributed by atoms with Gasteiger partial charge in [-0.1, -0.05) is 12.1 Å². The van der Waals surface area contributed by atoms with E-state index in [0.717, 1.165) is 5.56 Å². The van der Waals surface area contributed by atoms with Crippen LogP contribution in [-0.2, 0) is 4.79 Å². The molecule has 0 spiro atoms. The Morgan fingerprint density at radius 1 is 1.08 bits per heavy atom. The number of benzene rings is 1. The lowest BCUT2D eigenvalue weighted by Crippen LogP contribution is -2.35. The number of carbonyl (C=O) groups excluding carboxylic acids is 1. The number of nitrogens with zero attached hydrogens (tertiary/aromatic N) is 2. The van der Waals surface area contributed by atoms with Crippen LogP contribution in [0.1, 0.15) is 19.4 Å². The van der Waals surface area contributed by atoms with Crippen LogP contribution in [0.2, 0.25) is 0 Å². The predicted octanol–water partition coefficient (Wildman–Crippen LogP) is 2.73. The fourth-order valence-corrected chi connectivity index (χ4v) is 2.63. The van der Waals surface area contributed by atoms with Gasteiger partial charge in [0.05, 0.1) is 14.2 Å². The molecule has 6 heteroatoms. The molecule has 26 heavy (non-hydrogen) atoms. The molecule has 1 amide bonds. The molecule has 0 atom stereocenters. The van der Waals surface area contributed by atoms with E-state index in [0.29, 0.717) is 24.6 Å². The zero-order valence-corrected chi connectivity index (χ0v) is 15.6. The van der Waals surface area contributed by atoms with Gasteiger partial charge in [-0.2, -0.15) is 0 Å².